The molecule has 0 bridgehead atoms. The largest absolute Gasteiger partial charge is 0.390 e. The summed E-state index contributed by atoms with van der Waals surface area (Å²) in [6.07, 6.45) is 0.935. The first kappa shape index (κ1) is 29.7. The van der Waals surface area contributed by atoms with Crippen LogP contribution in [0, 0.1) is 0 Å². The second kappa shape index (κ2) is 11.7. The quantitative estimate of drug-likeness (QED) is 0.381. The van der Waals surface area contributed by atoms with E-state index >= 15 is 0 Å². The molecule has 1 fully saturated rings. The second-order valence-corrected chi connectivity index (χ2v) is 12.5. The van der Waals surface area contributed by atoms with E-state index in [9.17, 15) is 26.4 Å². The molecule has 40 heavy (non-hydrogen) atoms. The summed E-state index contributed by atoms with van der Waals surface area (Å²) in [5.41, 5.74) is 0.690. The first-order chi connectivity index (χ1) is 18.7. The van der Waals surface area contributed by atoms with Crippen LogP contribution < -0.4 is 15.6 Å². The standard InChI is InChI=1S/C26H34F3N7O3S/c1-16(2)36-23-17(14-31-25(33-23)32-18-5-8-20(9-6-18)35(3)4)13-21(24(36)37)22-10-7-19(15-30-22)34-40(38,39)12-11-26(27,28)29/h7,10,13-16,18,20,34H,5-6,8-9,11-12H2,1-4H3,(H,31,32,33)/t18-,20-. The number of pyridine rings is 2. The second-order valence-electron chi connectivity index (χ2n) is 10.6. The summed E-state index contributed by atoms with van der Waals surface area (Å²) in [4.78, 5) is 29.2. The fourth-order valence-corrected chi connectivity index (χ4v) is 5.95. The van der Waals surface area contributed by atoms with Crippen LogP contribution in [0.25, 0.3) is 22.3 Å². The van der Waals surface area contributed by atoms with Crippen molar-refractivity contribution in [3.63, 3.8) is 0 Å². The lowest BCUT2D eigenvalue weighted by molar-refractivity contribution is -0.129. The summed E-state index contributed by atoms with van der Waals surface area (Å²) in [6, 6.07) is 5.02. The number of sulfonamides is 1. The van der Waals surface area contributed by atoms with Crippen molar-refractivity contribution < 1.29 is 21.6 Å². The van der Waals surface area contributed by atoms with Gasteiger partial charge >= 0.3 is 6.18 Å². The van der Waals surface area contributed by atoms with Gasteiger partial charge in [0.15, 0.2) is 0 Å². The number of nitrogens with zero attached hydrogens (tertiary/aromatic N) is 5. The van der Waals surface area contributed by atoms with E-state index in [0.29, 0.717) is 23.0 Å². The van der Waals surface area contributed by atoms with Crippen LogP contribution in [0.15, 0.2) is 35.4 Å². The number of alkyl halides is 3. The van der Waals surface area contributed by atoms with Crippen LogP contribution in [0.3, 0.4) is 0 Å². The molecule has 0 unspecified atom stereocenters. The van der Waals surface area contributed by atoms with Gasteiger partial charge in [-0.1, -0.05) is 0 Å². The van der Waals surface area contributed by atoms with E-state index in [4.69, 9.17) is 0 Å². The van der Waals surface area contributed by atoms with Crippen molar-refractivity contribution >= 4 is 32.7 Å². The minimum atomic E-state index is -4.59. The molecule has 0 aliphatic heterocycles. The third kappa shape index (κ3) is 7.27. The summed E-state index contributed by atoms with van der Waals surface area (Å²) < 4.78 is 64.9. The molecule has 1 saturated carbocycles. The van der Waals surface area contributed by atoms with Gasteiger partial charge in [-0.3, -0.25) is 19.1 Å². The lowest BCUT2D eigenvalue weighted by Crippen LogP contribution is -2.36. The van der Waals surface area contributed by atoms with Crippen molar-refractivity contribution in [2.75, 3.05) is 29.9 Å². The number of fused-ring (bicyclic) bond motifs is 1. The van der Waals surface area contributed by atoms with Crippen LogP contribution in [-0.4, -0.2) is 70.9 Å². The fourth-order valence-electron chi connectivity index (χ4n) is 4.87. The molecule has 0 spiro atoms. The predicted octanol–water partition coefficient (Wildman–Crippen LogP) is 4.41. The molecule has 3 heterocycles. The maximum absolute atomic E-state index is 13.5. The Bertz CT molecular complexity index is 1500. The molecule has 0 amide bonds. The average Bonchev–Trinajstić information content (AvgIpc) is 2.87. The molecule has 4 rings (SSSR count). The first-order valence-corrected chi connectivity index (χ1v) is 14.8. The molecular weight excluding hydrogens is 547 g/mol. The maximum atomic E-state index is 13.5. The van der Waals surface area contributed by atoms with Gasteiger partial charge in [-0.05, 0) is 71.8 Å². The van der Waals surface area contributed by atoms with Crippen molar-refractivity contribution in [1.29, 1.82) is 0 Å². The lowest BCUT2D eigenvalue weighted by atomic mass is 9.91. The Hall–Kier alpha value is -3.26. The average molecular weight is 582 g/mol. The molecule has 1 aliphatic carbocycles. The van der Waals surface area contributed by atoms with E-state index in [1.807, 2.05) is 13.8 Å². The van der Waals surface area contributed by atoms with Crippen molar-refractivity contribution in [2.24, 2.45) is 0 Å². The SMILES string of the molecule is CC(C)n1c(=O)c(-c2ccc(NS(=O)(=O)CCC(F)(F)F)cn2)cc2cnc(N[C@H]3CC[C@H](N(C)C)CC3)nc21. The summed E-state index contributed by atoms with van der Waals surface area (Å²) in [5.74, 6) is -0.640. The highest BCUT2D eigenvalue weighted by Gasteiger charge is 2.30. The molecular formula is C26H34F3N7O3S. The number of hydrogen-bond donors (Lipinski definition) is 2. The van der Waals surface area contributed by atoms with Gasteiger partial charge in [0.05, 0.1) is 35.3 Å². The smallest absolute Gasteiger partial charge is 0.351 e. The monoisotopic (exact) mass is 581 g/mol. The predicted molar refractivity (Wildman–Crippen MR) is 149 cm³/mol. The molecule has 218 valence electrons. The van der Waals surface area contributed by atoms with Crippen LogP contribution in [0.5, 0.6) is 0 Å². The highest BCUT2D eigenvalue weighted by Crippen LogP contribution is 2.26. The van der Waals surface area contributed by atoms with Gasteiger partial charge in [0.2, 0.25) is 16.0 Å². The number of anilines is 2. The highest BCUT2D eigenvalue weighted by atomic mass is 32.2. The highest BCUT2D eigenvalue weighted by molar-refractivity contribution is 7.92. The number of aromatic nitrogens is 4. The van der Waals surface area contributed by atoms with Crippen molar-refractivity contribution in [2.45, 2.75) is 70.3 Å². The van der Waals surface area contributed by atoms with E-state index in [1.165, 1.54) is 18.3 Å². The Labute approximate surface area is 231 Å². The van der Waals surface area contributed by atoms with Crippen LogP contribution in [0.4, 0.5) is 24.8 Å². The summed E-state index contributed by atoms with van der Waals surface area (Å²) >= 11 is 0. The van der Waals surface area contributed by atoms with Gasteiger partial charge in [-0.15, -0.1) is 0 Å². The van der Waals surface area contributed by atoms with Gasteiger partial charge in [0.1, 0.15) is 5.65 Å². The molecule has 1 aliphatic rings. The topological polar surface area (TPSA) is 122 Å². The molecule has 3 aromatic rings. The molecule has 0 atom stereocenters. The van der Waals surface area contributed by atoms with Gasteiger partial charge < -0.3 is 10.2 Å². The Morgan fingerprint density at radius 1 is 1.10 bits per heavy atom. The van der Waals surface area contributed by atoms with Crippen molar-refractivity contribution in [3.8, 4) is 11.3 Å². The first-order valence-electron chi connectivity index (χ1n) is 13.1. The Morgan fingerprint density at radius 3 is 2.38 bits per heavy atom. The van der Waals surface area contributed by atoms with E-state index in [-0.39, 0.29) is 34.6 Å². The van der Waals surface area contributed by atoms with E-state index < -0.39 is 28.4 Å². The normalized spacial score (nSPS) is 18.4. The van der Waals surface area contributed by atoms with Crippen molar-refractivity contribution in [3.05, 3.63) is 40.9 Å². The zero-order valence-corrected chi connectivity index (χ0v) is 23.7. The number of hydrogen-bond acceptors (Lipinski definition) is 8. The summed E-state index contributed by atoms with van der Waals surface area (Å²) in [6.45, 7) is 3.74. The van der Waals surface area contributed by atoms with E-state index in [2.05, 4.69) is 44.0 Å². The molecule has 14 heteroatoms. The van der Waals surface area contributed by atoms with E-state index in [0.717, 1.165) is 25.7 Å². The molecule has 0 radical (unpaired) electrons. The van der Waals surface area contributed by atoms with Crippen LogP contribution in [0.1, 0.15) is 52.0 Å². The zero-order chi connectivity index (χ0) is 29.2. The lowest BCUT2D eigenvalue weighted by Gasteiger charge is -2.33. The minimum Gasteiger partial charge on any atom is -0.351 e. The Balaban J connectivity index is 1.57. The van der Waals surface area contributed by atoms with Gasteiger partial charge in [0.25, 0.3) is 5.56 Å². The van der Waals surface area contributed by atoms with E-state index in [1.54, 1.807) is 16.8 Å². The number of rotatable bonds is 9. The Kier molecular flexibility index (Phi) is 8.69. The van der Waals surface area contributed by atoms with Gasteiger partial charge in [-0.2, -0.15) is 18.2 Å². The number of nitrogens with one attached hydrogen (secondary N) is 2. The van der Waals surface area contributed by atoms with Gasteiger partial charge in [0, 0.05) is 29.7 Å². The fraction of sp³-hybridized carbons (Fsp3) is 0.538. The summed E-state index contributed by atoms with van der Waals surface area (Å²) in [5, 5.41) is 4.05. The third-order valence-corrected chi connectivity index (χ3v) is 8.31. The number of halogens is 3. The van der Waals surface area contributed by atoms with Gasteiger partial charge in [-0.25, -0.2) is 13.4 Å². The van der Waals surface area contributed by atoms with Crippen LogP contribution >= 0.6 is 0 Å². The molecule has 3 aromatic heterocycles. The minimum absolute atomic E-state index is 0.00503. The molecule has 10 nitrogen and oxygen atoms in total. The Morgan fingerprint density at radius 2 is 1.80 bits per heavy atom. The molecule has 0 saturated heterocycles. The zero-order valence-electron chi connectivity index (χ0n) is 22.9. The molecule has 2 N–H and O–H groups in total. The third-order valence-electron chi connectivity index (χ3n) is 7.02. The maximum Gasteiger partial charge on any atom is 0.390 e. The summed E-state index contributed by atoms with van der Waals surface area (Å²) in [7, 11) is -0.0311. The van der Waals surface area contributed by atoms with Crippen LogP contribution in [0.2, 0.25) is 0 Å². The van der Waals surface area contributed by atoms with Crippen LogP contribution in [-0.2, 0) is 10.0 Å². The molecule has 0 aromatic carbocycles. The van der Waals surface area contributed by atoms with Crippen molar-refractivity contribution in [1.82, 2.24) is 24.4 Å².